The van der Waals surface area contributed by atoms with Crippen LogP contribution in [0.4, 0.5) is 5.69 Å². The third-order valence-corrected chi connectivity index (χ3v) is 6.06. The van der Waals surface area contributed by atoms with Crippen molar-refractivity contribution in [2.75, 3.05) is 11.9 Å². The molecule has 1 fully saturated rings. The number of rotatable bonds is 13. The number of hydrogen-bond acceptors (Lipinski definition) is 8. The molecule has 0 spiro atoms. The van der Waals surface area contributed by atoms with Crippen molar-refractivity contribution in [1.82, 2.24) is 20.6 Å². The molecule has 9 heteroatoms. The molecule has 1 atom stereocenters. The number of carbonyl (C=O) groups excluding carboxylic acids is 1. The Morgan fingerprint density at radius 1 is 1.24 bits per heavy atom. The van der Waals surface area contributed by atoms with Gasteiger partial charge < -0.3 is 10.1 Å². The summed E-state index contributed by atoms with van der Waals surface area (Å²) in [4.78, 5) is 26.8. The van der Waals surface area contributed by atoms with Gasteiger partial charge in [-0.2, -0.15) is 0 Å². The fourth-order valence-electron chi connectivity index (χ4n) is 3.62. The molecule has 0 saturated heterocycles. The van der Waals surface area contributed by atoms with Crippen LogP contribution < -0.4 is 15.5 Å². The van der Waals surface area contributed by atoms with Gasteiger partial charge in [-0.15, -0.1) is 5.17 Å². The summed E-state index contributed by atoms with van der Waals surface area (Å²) < 4.78 is 5.44. The van der Waals surface area contributed by atoms with E-state index < -0.39 is 5.92 Å². The molecular weight excluding hydrogens is 468 g/mol. The highest BCUT2D eigenvalue weighted by atomic mass is 16.5. The molecule has 1 aliphatic carbocycles. The van der Waals surface area contributed by atoms with Gasteiger partial charge in [0.25, 0.3) is 0 Å². The zero-order valence-corrected chi connectivity index (χ0v) is 22.4. The van der Waals surface area contributed by atoms with E-state index in [9.17, 15) is 10.0 Å². The van der Waals surface area contributed by atoms with Gasteiger partial charge >= 0.3 is 0 Å². The number of allylic oxidation sites excluding steroid dienone is 3. The maximum atomic E-state index is 13.3. The van der Waals surface area contributed by atoms with Crippen LogP contribution in [0.15, 0.2) is 65.2 Å². The fourth-order valence-corrected chi connectivity index (χ4v) is 3.62. The summed E-state index contributed by atoms with van der Waals surface area (Å²) in [6.45, 7) is 10.3. The van der Waals surface area contributed by atoms with Crippen LogP contribution in [0.25, 0.3) is 11.3 Å². The van der Waals surface area contributed by atoms with E-state index in [0.29, 0.717) is 41.8 Å². The highest BCUT2D eigenvalue weighted by Gasteiger charge is 2.29. The Morgan fingerprint density at radius 3 is 2.57 bits per heavy atom. The van der Waals surface area contributed by atoms with Crippen molar-refractivity contribution in [3.05, 3.63) is 60.2 Å². The largest absolute Gasteiger partial charge is 0.477 e. The molecule has 1 heterocycles. The highest BCUT2D eigenvalue weighted by Crippen LogP contribution is 2.25. The Morgan fingerprint density at radius 2 is 1.97 bits per heavy atom. The lowest BCUT2D eigenvalue weighted by molar-refractivity contribution is -0.136. The Bertz CT molecular complexity index is 1140. The molecule has 1 amide bonds. The number of hydrogen-bond donors (Lipinski definition) is 3. The molecule has 198 valence electrons. The standard InChI is InChI=1S/C28H38N6O3/c1-6-10-24(32-27(19(5)7-2)33-34(36)22-15-16-22)23(8-3)28(35)30-21-13-11-20(12-14-21)25-17-29-18-26(31-25)37-9-4/h6,10-14,17-18,22-23,33,36H,7-9,15-16H2,1-5H3,(H,30,35)/b10-6-,27-19-,32-24+. The number of hydrazine groups is 1. The van der Waals surface area contributed by atoms with E-state index in [1.165, 1.54) is 0 Å². The van der Waals surface area contributed by atoms with Gasteiger partial charge in [0, 0.05) is 11.3 Å². The van der Waals surface area contributed by atoms with E-state index >= 15 is 0 Å². The number of anilines is 1. The molecule has 3 rings (SSSR count). The van der Waals surface area contributed by atoms with Crippen molar-refractivity contribution in [2.24, 2.45) is 10.9 Å². The maximum absolute atomic E-state index is 13.3. The summed E-state index contributed by atoms with van der Waals surface area (Å²) in [5.74, 6) is 0.415. The van der Waals surface area contributed by atoms with E-state index in [2.05, 4.69) is 20.7 Å². The zero-order valence-electron chi connectivity index (χ0n) is 22.4. The second kappa shape index (κ2) is 13.7. The second-order valence-electron chi connectivity index (χ2n) is 8.91. The fraction of sp³-hybridized carbons (Fsp3) is 0.429. The summed E-state index contributed by atoms with van der Waals surface area (Å²) in [6.07, 6.45) is 10.2. The van der Waals surface area contributed by atoms with Crippen molar-refractivity contribution >= 4 is 17.3 Å². The van der Waals surface area contributed by atoms with Crippen LogP contribution in [0, 0.1) is 5.92 Å². The van der Waals surface area contributed by atoms with Gasteiger partial charge in [0.05, 0.1) is 42.4 Å². The molecule has 1 aromatic heterocycles. The van der Waals surface area contributed by atoms with E-state index in [1.807, 2.05) is 71.0 Å². The lowest BCUT2D eigenvalue weighted by Crippen LogP contribution is -2.37. The summed E-state index contributed by atoms with van der Waals surface area (Å²) in [5, 5.41) is 14.4. The van der Waals surface area contributed by atoms with Crippen LogP contribution in [0.5, 0.6) is 5.88 Å². The molecule has 2 aromatic rings. The zero-order chi connectivity index (χ0) is 26.8. The minimum absolute atomic E-state index is 0.0980. The first-order valence-electron chi connectivity index (χ1n) is 12.9. The number of ether oxygens (including phenoxy) is 1. The number of nitrogens with zero attached hydrogens (tertiary/aromatic N) is 4. The summed E-state index contributed by atoms with van der Waals surface area (Å²) >= 11 is 0. The van der Waals surface area contributed by atoms with Crippen LogP contribution in [-0.4, -0.2) is 44.6 Å². The van der Waals surface area contributed by atoms with Gasteiger partial charge in [0.2, 0.25) is 11.8 Å². The average molecular weight is 507 g/mol. The molecule has 0 radical (unpaired) electrons. The van der Waals surface area contributed by atoms with Crippen molar-refractivity contribution < 1.29 is 14.7 Å². The predicted octanol–water partition coefficient (Wildman–Crippen LogP) is 5.52. The SMILES string of the molecule is C\C=C/C(=N\C(NN(O)C1CC1)=C(/C)CC)C(CC)C(=O)Nc1ccc(-c2cncc(OCC)n2)cc1. The number of aromatic nitrogens is 2. The number of hydroxylamine groups is 1. The first-order valence-corrected chi connectivity index (χ1v) is 12.9. The average Bonchev–Trinajstić information content (AvgIpc) is 3.75. The molecule has 1 saturated carbocycles. The quantitative estimate of drug-likeness (QED) is 0.242. The van der Waals surface area contributed by atoms with Crippen molar-refractivity contribution in [1.29, 1.82) is 0 Å². The first-order chi connectivity index (χ1) is 17.9. The van der Waals surface area contributed by atoms with E-state index in [1.54, 1.807) is 12.4 Å². The number of aliphatic imine (C=N–C) groups is 1. The molecule has 37 heavy (non-hydrogen) atoms. The van der Waals surface area contributed by atoms with Gasteiger partial charge in [0.15, 0.2) is 0 Å². The minimum Gasteiger partial charge on any atom is -0.477 e. The monoisotopic (exact) mass is 506 g/mol. The van der Waals surface area contributed by atoms with Crippen molar-refractivity contribution in [2.45, 2.75) is 66.3 Å². The maximum Gasteiger partial charge on any atom is 0.233 e. The lowest BCUT2D eigenvalue weighted by atomic mass is 9.98. The van der Waals surface area contributed by atoms with Crippen LogP contribution >= 0.6 is 0 Å². The molecule has 9 nitrogen and oxygen atoms in total. The smallest absolute Gasteiger partial charge is 0.233 e. The van der Waals surface area contributed by atoms with Gasteiger partial charge in [-0.05, 0) is 70.2 Å². The second-order valence-corrected chi connectivity index (χ2v) is 8.91. The number of nitrogens with one attached hydrogen (secondary N) is 2. The molecule has 1 aromatic carbocycles. The van der Waals surface area contributed by atoms with Gasteiger partial charge in [-0.3, -0.25) is 20.4 Å². The third kappa shape index (κ3) is 7.96. The van der Waals surface area contributed by atoms with Gasteiger partial charge in [-0.25, -0.2) is 9.98 Å². The predicted molar refractivity (Wildman–Crippen MR) is 146 cm³/mol. The number of benzene rings is 1. The first kappa shape index (κ1) is 28.0. The number of amides is 1. The van der Waals surface area contributed by atoms with Crippen molar-refractivity contribution in [3.63, 3.8) is 0 Å². The van der Waals surface area contributed by atoms with Crippen molar-refractivity contribution in [3.8, 4) is 17.1 Å². The molecule has 0 bridgehead atoms. The molecule has 1 aliphatic rings. The topological polar surface area (TPSA) is 112 Å². The minimum atomic E-state index is -0.473. The number of carbonyl (C=O) groups is 1. The Labute approximate surface area is 219 Å². The molecule has 0 aliphatic heterocycles. The lowest BCUT2D eigenvalue weighted by Gasteiger charge is -2.21. The van der Waals surface area contributed by atoms with E-state index in [4.69, 9.17) is 9.73 Å². The normalized spacial score (nSPS) is 15.5. The Kier molecular flexibility index (Phi) is 10.3. The molecule has 3 N–H and O–H groups in total. The van der Waals surface area contributed by atoms with Crippen LogP contribution in [-0.2, 0) is 4.79 Å². The Balaban J connectivity index is 1.78. The summed E-state index contributed by atoms with van der Waals surface area (Å²) in [7, 11) is 0. The summed E-state index contributed by atoms with van der Waals surface area (Å²) in [6, 6.07) is 7.56. The van der Waals surface area contributed by atoms with Gasteiger partial charge in [0.1, 0.15) is 5.82 Å². The Hall–Kier alpha value is -3.56. The van der Waals surface area contributed by atoms with Crippen LogP contribution in [0.1, 0.15) is 60.3 Å². The molecule has 1 unspecified atom stereocenters. The highest BCUT2D eigenvalue weighted by molar-refractivity contribution is 6.13. The molecular formula is C28H38N6O3. The van der Waals surface area contributed by atoms with E-state index in [0.717, 1.165) is 35.6 Å². The summed E-state index contributed by atoms with van der Waals surface area (Å²) in [5.41, 5.74) is 6.87. The van der Waals surface area contributed by atoms with Crippen LogP contribution in [0.2, 0.25) is 0 Å². The third-order valence-electron chi connectivity index (χ3n) is 6.06. The van der Waals surface area contributed by atoms with E-state index in [-0.39, 0.29) is 11.9 Å². The van der Waals surface area contributed by atoms with Gasteiger partial charge in [-0.1, -0.05) is 32.1 Å². The van der Waals surface area contributed by atoms with Crippen LogP contribution in [0.3, 0.4) is 0 Å².